The van der Waals surface area contributed by atoms with Crippen LogP contribution in [0.2, 0.25) is 0 Å². The molecule has 138 valence electrons. The number of rotatable bonds is 5. The Morgan fingerprint density at radius 1 is 1.38 bits per heavy atom. The summed E-state index contributed by atoms with van der Waals surface area (Å²) >= 11 is 0. The van der Waals surface area contributed by atoms with Gasteiger partial charge in [0.2, 0.25) is 5.91 Å². The van der Waals surface area contributed by atoms with Gasteiger partial charge in [-0.2, -0.15) is 5.10 Å². The summed E-state index contributed by atoms with van der Waals surface area (Å²) in [5, 5.41) is 10.7. The molecule has 0 saturated carbocycles. The molecule has 1 aromatic carbocycles. The number of hydrogen-bond donors (Lipinski definition) is 2. The number of para-hydroxylation sites is 1. The molecule has 0 unspecified atom stereocenters. The van der Waals surface area contributed by atoms with Crippen molar-refractivity contribution in [2.45, 2.75) is 51.0 Å². The summed E-state index contributed by atoms with van der Waals surface area (Å²) < 4.78 is 11.2. The van der Waals surface area contributed by atoms with E-state index in [2.05, 4.69) is 15.5 Å². The van der Waals surface area contributed by atoms with Gasteiger partial charge in [0.25, 0.3) is 0 Å². The van der Waals surface area contributed by atoms with Crippen LogP contribution in [0.25, 0.3) is 0 Å². The van der Waals surface area contributed by atoms with Crippen LogP contribution in [0, 0.1) is 0 Å². The summed E-state index contributed by atoms with van der Waals surface area (Å²) in [6.45, 7) is 0.469. The van der Waals surface area contributed by atoms with Gasteiger partial charge in [-0.05, 0) is 43.7 Å². The minimum Gasteiger partial charge on any atom is -0.493 e. The zero-order valence-corrected chi connectivity index (χ0v) is 15.1. The van der Waals surface area contributed by atoms with Crippen LogP contribution in [0.4, 0.5) is 0 Å². The molecule has 0 fully saturated rings. The average Bonchev–Trinajstić information content (AvgIpc) is 3.09. The molecule has 4 rings (SSSR count). The van der Waals surface area contributed by atoms with E-state index in [1.807, 2.05) is 18.2 Å². The predicted molar refractivity (Wildman–Crippen MR) is 97.7 cm³/mol. The number of ether oxygens (including phenoxy) is 2. The molecule has 2 N–H and O–H groups in total. The Morgan fingerprint density at radius 3 is 3.15 bits per heavy atom. The molecule has 26 heavy (non-hydrogen) atoms. The van der Waals surface area contributed by atoms with Crippen LogP contribution >= 0.6 is 0 Å². The first-order valence-corrected chi connectivity index (χ1v) is 9.37. The largest absolute Gasteiger partial charge is 0.493 e. The molecule has 0 spiro atoms. The van der Waals surface area contributed by atoms with Crippen LogP contribution in [-0.4, -0.2) is 35.9 Å². The molecule has 1 aliphatic carbocycles. The van der Waals surface area contributed by atoms with E-state index in [0.717, 1.165) is 42.0 Å². The second-order valence-electron chi connectivity index (χ2n) is 7.06. The van der Waals surface area contributed by atoms with Gasteiger partial charge in [0.15, 0.2) is 11.5 Å². The third-order valence-corrected chi connectivity index (χ3v) is 5.27. The summed E-state index contributed by atoms with van der Waals surface area (Å²) in [5.74, 6) is 1.59. The van der Waals surface area contributed by atoms with E-state index in [9.17, 15) is 4.79 Å². The number of fused-ring (bicyclic) bond motifs is 2. The van der Waals surface area contributed by atoms with Crippen molar-refractivity contribution in [3.8, 4) is 11.5 Å². The van der Waals surface area contributed by atoms with Gasteiger partial charge in [-0.1, -0.05) is 12.1 Å². The quantitative estimate of drug-likeness (QED) is 0.863. The molecule has 0 saturated heterocycles. The van der Waals surface area contributed by atoms with Crippen LogP contribution in [0.15, 0.2) is 18.2 Å². The second kappa shape index (κ2) is 7.40. The van der Waals surface area contributed by atoms with E-state index in [-0.39, 0.29) is 11.9 Å². The predicted octanol–water partition coefficient (Wildman–Crippen LogP) is 2.35. The Labute approximate surface area is 153 Å². The topological polar surface area (TPSA) is 76.2 Å². The fraction of sp³-hybridized carbons (Fsp3) is 0.500. The third-order valence-electron chi connectivity index (χ3n) is 5.27. The maximum atomic E-state index is 12.4. The highest BCUT2D eigenvalue weighted by Crippen LogP contribution is 2.34. The van der Waals surface area contributed by atoms with Crippen LogP contribution in [0.5, 0.6) is 11.5 Å². The molecule has 2 aromatic rings. The zero-order valence-electron chi connectivity index (χ0n) is 15.1. The van der Waals surface area contributed by atoms with Crippen LogP contribution in [-0.2, 0) is 30.5 Å². The van der Waals surface area contributed by atoms with E-state index >= 15 is 0 Å². The molecule has 1 aliphatic heterocycles. The van der Waals surface area contributed by atoms with Crippen molar-refractivity contribution in [1.29, 1.82) is 0 Å². The summed E-state index contributed by atoms with van der Waals surface area (Å²) in [6, 6.07) is 5.86. The van der Waals surface area contributed by atoms with E-state index in [0.29, 0.717) is 19.4 Å². The first kappa shape index (κ1) is 16.9. The third kappa shape index (κ3) is 3.41. The van der Waals surface area contributed by atoms with Crippen LogP contribution in [0.1, 0.15) is 41.8 Å². The number of hydrogen-bond acceptors (Lipinski definition) is 4. The van der Waals surface area contributed by atoms with Crippen LogP contribution < -0.4 is 14.8 Å². The Kier molecular flexibility index (Phi) is 4.82. The van der Waals surface area contributed by atoms with E-state index in [4.69, 9.17) is 9.47 Å². The lowest BCUT2D eigenvalue weighted by Gasteiger charge is -2.27. The van der Waals surface area contributed by atoms with Gasteiger partial charge in [-0.25, -0.2) is 0 Å². The number of nitrogens with zero attached hydrogens (tertiary/aromatic N) is 1. The summed E-state index contributed by atoms with van der Waals surface area (Å²) in [4.78, 5) is 12.4. The smallest absolute Gasteiger partial charge is 0.220 e. The van der Waals surface area contributed by atoms with Gasteiger partial charge in [0.1, 0.15) is 6.61 Å². The number of benzene rings is 1. The molecular weight excluding hydrogens is 330 g/mol. The molecule has 1 amide bonds. The summed E-state index contributed by atoms with van der Waals surface area (Å²) in [5.41, 5.74) is 4.73. The highest BCUT2D eigenvalue weighted by atomic mass is 16.5. The van der Waals surface area contributed by atoms with E-state index in [1.54, 1.807) is 7.11 Å². The van der Waals surface area contributed by atoms with E-state index in [1.165, 1.54) is 24.1 Å². The summed E-state index contributed by atoms with van der Waals surface area (Å²) in [6.07, 6.45) is 6.51. The molecule has 6 nitrogen and oxygen atoms in total. The number of carbonyl (C=O) groups excluding carboxylic acids is 1. The van der Waals surface area contributed by atoms with Crippen molar-refractivity contribution in [3.05, 3.63) is 40.7 Å². The average molecular weight is 355 g/mol. The number of methoxy groups -OCH3 is 1. The standard InChI is InChI=1S/C20H25N3O3/c1-25-18-8-4-5-13-11-14(12-26-20(13)18)21-19(24)10-9-17-15-6-2-3-7-16(15)22-23-17/h4-5,8,14H,2-3,6-7,9-12H2,1H3,(H,21,24)(H,22,23)/t14-/m1/s1. The molecule has 6 heteroatoms. The van der Waals surface area contributed by atoms with E-state index < -0.39 is 0 Å². The lowest BCUT2D eigenvalue weighted by molar-refractivity contribution is -0.122. The monoisotopic (exact) mass is 355 g/mol. The number of H-pyrrole nitrogens is 1. The first-order valence-electron chi connectivity index (χ1n) is 9.37. The number of amides is 1. The lowest BCUT2D eigenvalue weighted by Crippen LogP contribution is -2.42. The maximum absolute atomic E-state index is 12.4. The Morgan fingerprint density at radius 2 is 2.27 bits per heavy atom. The Bertz CT molecular complexity index is 800. The highest BCUT2D eigenvalue weighted by molar-refractivity contribution is 5.76. The SMILES string of the molecule is COc1cccc2c1OC[C@H](NC(=O)CCc1n[nH]c3c1CCCC3)C2. The van der Waals surface area contributed by atoms with Gasteiger partial charge in [0, 0.05) is 24.1 Å². The van der Waals surface area contributed by atoms with Crippen molar-refractivity contribution >= 4 is 5.91 Å². The molecule has 1 aromatic heterocycles. The van der Waals surface area contributed by atoms with Crippen molar-refractivity contribution in [3.63, 3.8) is 0 Å². The number of nitrogens with one attached hydrogen (secondary N) is 2. The highest BCUT2D eigenvalue weighted by Gasteiger charge is 2.24. The van der Waals surface area contributed by atoms with Crippen molar-refractivity contribution in [2.24, 2.45) is 0 Å². The van der Waals surface area contributed by atoms with Gasteiger partial charge in [-0.3, -0.25) is 9.89 Å². The maximum Gasteiger partial charge on any atom is 0.220 e. The van der Waals surface area contributed by atoms with Gasteiger partial charge in [0.05, 0.1) is 18.8 Å². The van der Waals surface area contributed by atoms with Crippen molar-refractivity contribution < 1.29 is 14.3 Å². The molecule has 0 radical (unpaired) electrons. The van der Waals surface area contributed by atoms with Gasteiger partial charge >= 0.3 is 0 Å². The fourth-order valence-corrected chi connectivity index (χ4v) is 3.94. The lowest BCUT2D eigenvalue weighted by atomic mass is 9.94. The minimum absolute atomic E-state index is 0.00444. The second-order valence-corrected chi connectivity index (χ2v) is 7.06. The molecule has 2 heterocycles. The summed E-state index contributed by atoms with van der Waals surface area (Å²) in [7, 11) is 1.64. The number of aromatic amines is 1. The Hall–Kier alpha value is -2.50. The van der Waals surface area contributed by atoms with Gasteiger partial charge < -0.3 is 14.8 Å². The number of aromatic nitrogens is 2. The molecule has 0 bridgehead atoms. The molecular formula is C20H25N3O3. The van der Waals surface area contributed by atoms with Crippen molar-refractivity contribution in [2.75, 3.05) is 13.7 Å². The zero-order chi connectivity index (χ0) is 17.9. The molecule has 2 aliphatic rings. The Balaban J connectivity index is 1.32. The number of aryl methyl sites for hydroxylation is 2. The first-order chi connectivity index (χ1) is 12.7. The van der Waals surface area contributed by atoms with Crippen LogP contribution in [0.3, 0.4) is 0 Å². The molecule has 1 atom stereocenters. The minimum atomic E-state index is -0.00444. The normalized spacial score (nSPS) is 18.4. The fourth-order valence-electron chi connectivity index (χ4n) is 3.94. The van der Waals surface area contributed by atoms with Crippen molar-refractivity contribution in [1.82, 2.24) is 15.5 Å². The number of carbonyl (C=O) groups is 1. The van der Waals surface area contributed by atoms with Gasteiger partial charge in [-0.15, -0.1) is 0 Å².